The van der Waals surface area contributed by atoms with Crippen LogP contribution in [0.25, 0.3) is 0 Å². The van der Waals surface area contributed by atoms with Gasteiger partial charge in [0.05, 0.1) is 0 Å². The van der Waals surface area contributed by atoms with Crippen LogP contribution in [0.2, 0.25) is 0 Å². The van der Waals surface area contributed by atoms with Gasteiger partial charge < -0.3 is 10.6 Å². The Bertz CT molecular complexity index is 395. The first-order valence-corrected chi connectivity index (χ1v) is 6.86. The Morgan fingerprint density at radius 2 is 2.00 bits per heavy atom. The molecule has 2 N–H and O–H groups in total. The molecule has 3 heteroatoms. The van der Waals surface area contributed by atoms with Crippen molar-refractivity contribution >= 4 is 17.3 Å². The van der Waals surface area contributed by atoms with Gasteiger partial charge in [0.2, 0.25) is 5.91 Å². The third-order valence-electron chi connectivity index (χ3n) is 3.64. The van der Waals surface area contributed by atoms with Gasteiger partial charge in [-0.15, -0.1) is 0 Å². The van der Waals surface area contributed by atoms with Gasteiger partial charge >= 0.3 is 0 Å². The Balaban J connectivity index is 2.05. The average molecular weight is 246 g/mol. The van der Waals surface area contributed by atoms with Gasteiger partial charge in [-0.3, -0.25) is 4.79 Å². The molecule has 1 saturated carbocycles. The van der Waals surface area contributed by atoms with E-state index in [0.29, 0.717) is 12.3 Å². The van der Waals surface area contributed by atoms with Crippen molar-refractivity contribution in [3.05, 3.63) is 24.3 Å². The standard InChI is InChI=1S/C15H22N2O/c1-2-10-17(14-8-6-13(16)7-9-14)15(18)11-12-4-3-5-12/h6-9,12H,2-5,10-11,16H2,1H3. The van der Waals surface area contributed by atoms with Crippen LogP contribution in [-0.4, -0.2) is 12.5 Å². The van der Waals surface area contributed by atoms with Crippen molar-refractivity contribution in [3.8, 4) is 0 Å². The zero-order valence-electron chi connectivity index (χ0n) is 11.1. The highest BCUT2D eigenvalue weighted by molar-refractivity contribution is 5.93. The summed E-state index contributed by atoms with van der Waals surface area (Å²) >= 11 is 0. The highest BCUT2D eigenvalue weighted by Gasteiger charge is 2.24. The van der Waals surface area contributed by atoms with E-state index in [-0.39, 0.29) is 5.91 Å². The van der Waals surface area contributed by atoms with Crippen LogP contribution in [0.5, 0.6) is 0 Å². The number of nitrogens with two attached hydrogens (primary N) is 1. The van der Waals surface area contributed by atoms with Crippen molar-refractivity contribution in [2.75, 3.05) is 17.2 Å². The Hall–Kier alpha value is -1.51. The molecule has 18 heavy (non-hydrogen) atoms. The smallest absolute Gasteiger partial charge is 0.227 e. The Morgan fingerprint density at radius 1 is 1.33 bits per heavy atom. The van der Waals surface area contributed by atoms with Crippen molar-refractivity contribution < 1.29 is 4.79 Å². The lowest BCUT2D eigenvalue weighted by Gasteiger charge is -2.29. The van der Waals surface area contributed by atoms with E-state index < -0.39 is 0 Å². The maximum atomic E-state index is 12.3. The Labute approximate surface area is 109 Å². The molecule has 0 spiro atoms. The van der Waals surface area contributed by atoms with E-state index in [1.165, 1.54) is 19.3 Å². The average Bonchev–Trinajstić information content (AvgIpc) is 2.32. The van der Waals surface area contributed by atoms with Gasteiger partial charge in [0.25, 0.3) is 0 Å². The Morgan fingerprint density at radius 3 is 2.50 bits per heavy atom. The summed E-state index contributed by atoms with van der Waals surface area (Å²) in [6, 6.07) is 7.58. The number of amides is 1. The molecule has 0 radical (unpaired) electrons. The zero-order valence-corrected chi connectivity index (χ0v) is 11.1. The number of nitrogen functional groups attached to an aromatic ring is 1. The first kappa shape index (κ1) is 12.9. The number of hydrogen-bond acceptors (Lipinski definition) is 2. The van der Waals surface area contributed by atoms with E-state index in [0.717, 1.165) is 24.3 Å². The lowest BCUT2D eigenvalue weighted by Crippen LogP contribution is -2.34. The van der Waals surface area contributed by atoms with Crippen LogP contribution in [-0.2, 0) is 4.79 Å². The van der Waals surface area contributed by atoms with Crippen LogP contribution in [0.15, 0.2) is 24.3 Å². The minimum atomic E-state index is 0.256. The van der Waals surface area contributed by atoms with Gasteiger partial charge in [0.1, 0.15) is 0 Å². The number of rotatable bonds is 5. The topological polar surface area (TPSA) is 46.3 Å². The van der Waals surface area contributed by atoms with Crippen LogP contribution < -0.4 is 10.6 Å². The van der Waals surface area contributed by atoms with Crippen molar-refractivity contribution in [1.29, 1.82) is 0 Å². The minimum absolute atomic E-state index is 0.256. The molecule has 98 valence electrons. The predicted molar refractivity (Wildman–Crippen MR) is 75.5 cm³/mol. The van der Waals surface area contributed by atoms with E-state index in [1.54, 1.807) is 0 Å². The van der Waals surface area contributed by atoms with Crippen molar-refractivity contribution in [1.82, 2.24) is 0 Å². The van der Waals surface area contributed by atoms with Crippen LogP contribution in [0, 0.1) is 5.92 Å². The summed E-state index contributed by atoms with van der Waals surface area (Å²) in [6.07, 6.45) is 5.39. The molecule has 1 aromatic rings. The molecular formula is C15H22N2O. The van der Waals surface area contributed by atoms with E-state index >= 15 is 0 Å². The molecule has 0 heterocycles. The summed E-state index contributed by atoms with van der Waals surface area (Å²) in [5, 5.41) is 0. The normalized spacial score (nSPS) is 15.2. The molecule has 1 fully saturated rings. The molecule has 3 nitrogen and oxygen atoms in total. The molecule has 1 aliphatic rings. The summed E-state index contributed by atoms with van der Waals surface area (Å²) in [5.74, 6) is 0.872. The van der Waals surface area contributed by atoms with Gasteiger partial charge in [-0.1, -0.05) is 13.3 Å². The number of nitrogens with zero attached hydrogens (tertiary/aromatic N) is 1. The second-order valence-corrected chi connectivity index (χ2v) is 5.14. The summed E-state index contributed by atoms with van der Waals surface area (Å²) in [5.41, 5.74) is 7.39. The van der Waals surface area contributed by atoms with Gasteiger partial charge in [-0.25, -0.2) is 0 Å². The first-order chi connectivity index (χ1) is 8.70. The van der Waals surface area contributed by atoms with Crippen LogP contribution in [0.3, 0.4) is 0 Å². The quantitative estimate of drug-likeness (QED) is 0.811. The summed E-state index contributed by atoms with van der Waals surface area (Å²) < 4.78 is 0. The lowest BCUT2D eigenvalue weighted by atomic mass is 9.82. The minimum Gasteiger partial charge on any atom is -0.399 e. The molecular weight excluding hydrogens is 224 g/mol. The van der Waals surface area contributed by atoms with Crippen molar-refractivity contribution in [2.45, 2.75) is 39.0 Å². The molecule has 0 atom stereocenters. The fourth-order valence-corrected chi connectivity index (χ4v) is 2.33. The fraction of sp³-hybridized carbons (Fsp3) is 0.533. The molecule has 0 unspecified atom stereocenters. The number of anilines is 2. The molecule has 0 bridgehead atoms. The highest BCUT2D eigenvalue weighted by Crippen LogP contribution is 2.30. The largest absolute Gasteiger partial charge is 0.399 e. The predicted octanol–water partition coefficient (Wildman–Crippen LogP) is 3.20. The first-order valence-electron chi connectivity index (χ1n) is 6.86. The van der Waals surface area contributed by atoms with Crippen LogP contribution in [0.4, 0.5) is 11.4 Å². The second-order valence-electron chi connectivity index (χ2n) is 5.14. The van der Waals surface area contributed by atoms with Gasteiger partial charge in [0.15, 0.2) is 0 Å². The summed E-state index contributed by atoms with van der Waals surface area (Å²) in [4.78, 5) is 14.2. The lowest BCUT2D eigenvalue weighted by molar-refractivity contribution is -0.120. The molecule has 2 rings (SSSR count). The number of carbonyl (C=O) groups excluding carboxylic acids is 1. The van der Waals surface area contributed by atoms with Crippen molar-refractivity contribution in [2.24, 2.45) is 5.92 Å². The third-order valence-corrected chi connectivity index (χ3v) is 3.64. The molecule has 0 aliphatic heterocycles. The van der Waals surface area contributed by atoms with Crippen LogP contribution in [0.1, 0.15) is 39.0 Å². The number of benzene rings is 1. The molecule has 0 aromatic heterocycles. The van der Waals surface area contributed by atoms with E-state index in [2.05, 4.69) is 6.92 Å². The third kappa shape index (κ3) is 3.03. The van der Waals surface area contributed by atoms with Gasteiger partial charge in [-0.05, 0) is 49.4 Å². The fourth-order valence-electron chi connectivity index (χ4n) is 2.33. The summed E-state index contributed by atoms with van der Waals surface area (Å²) in [7, 11) is 0. The van der Waals surface area contributed by atoms with Crippen molar-refractivity contribution in [3.63, 3.8) is 0 Å². The highest BCUT2D eigenvalue weighted by atomic mass is 16.2. The maximum Gasteiger partial charge on any atom is 0.227 e. The van der Waals surface area contributed by atoms with Gasteiger partial charge in [-0.2, -0.15) is 0 Å². The van der Waals surface area contributed by atoms with E-state index in [9.17, 15) is 4.79 Å². The number of carbonyl (C=O) groups is 1. The zero-order chi connectivity index (χ0) is 13.0. The van der Waals surface area contributed by atoms with E-state index in [4.69, 9.17) is 5.73 Å². The van der Waals surface area contributed by atoms with E-state index in [1.807, 2.05) is 29.2 Å². The molecule has 1 aliphatic carbocycles. The maximum absolute atomic E-state index is 12.3. The SMILES string of the molecule is CCCN(C(=O)CC1CCC1)c1ccc(N)cc1. The Kier molecular flexibility index (Phi) is 4.24. The number of hydrogen-bond donors (Lipinski definition) is 1. The van der Waals surface area contributed by atoms with Gasteiger partial charge in [0, 0.05) is 24.3 Å². The summed E-state index contributed by atoms with van der Waals surface area (Å²) in [6.45, 7) is 2.89. The molecule has 0 saturated heterocycles. The second kappa shape index (κ2) is 5.89. The monoisotopic (exact) mass is 246 g/mol. The molecule has 1 aromatic carbocycles. The van der Waals surface area contributed by atoms with Crippen LogP contribution >= 0.6 is 0 Å². The molecule has 1 amide bonds.